The van der Waals surface area contributed by atoms with E-state index < -0.39 is 14.8 Å². The molecule has 0 unspecified atom stereocenters. The van der Waals surface area contributed by atoms with Gasteiger partial charge in [-0.15, -0.1) is 0 Å². The van der Waals surface area contributed by atoms with E-state index in [4.69, 9.17) is 5.40 Å². The summed E-state index contributed by atoms with van der Waals surface area (Å²) >= 11 is 0. The molecular formula is C17H16FN2OSi. The van der Waals surface area contributed by atoms with Crippen LogP contribution in [-0.2, 0) is 7.05 Å². The van der Waals surface area contributed by atoms with Crippen LogP contribution < -0.4 is 16.1 Å². The van der Waals surface area contributed by atoms with Crippen molar-refractivity contribution in [3.63, 3.8) is 0 Å². The zero-order chi connectivity index (χ0) is 15.9. The van der Waals surface area contributed by atoms with Crippen molar-refractivity contribution in [1.82, 2.24) is 4.57 Å². The molecule has 0 aliphatic carbocycles. The second-order valence-electron chi connectivity index (χ2n) is 5.41. The molecule has 3 rings (SSSR count). The third-order valence-corrected chi connectivity index (χ3v) is 5.00. The van der Waals surface area contributed by atoms with Crippen LogP contribution in [0.4, 0.5) is 4.39 Å². The zero-order valence-corrected chi connectivity index (χ0v) is 13.4. The second kappa shape index (κ2) is 5.51. The van der Waals surface area contributed by atoms with Gasteiger partial charge in [-0.25, -0.2) is 4.39 Å². The van der Waals surface area contributed by atoms with Crippen molar-refractivity contribution in [1.29, 1.82) is 0 Å². The Morgan fingerprint density at radius 2 is 1.91 bits per heavy atom. The van der Waals surface area contributed by atoms with Crippen LogP contribution >= 0.6 is 0 Å². The average molecular weight is 311 g/mol. The van der Waals surface area contributed by atoms with Crippen LogP contribution in [0.1, 0.15) is 0 Å². The normalized spacial score (nSPS) is 11.3. The summed E-state index contributed by atoms with van der Waals surface area (Å²) in [5.74, 6) is -0.406. The Balaban J connectivity index is 2.34. The van der Waals surface area contributed by atoms with Gasteiger partial charge in [0.2, 0.25) is 0 Å². The summed E-state index contributed by atoms with van der Waals surface area (Å²) in [6.07, 6.45) is 1.79. The highest BCUT2D eigenvalue weighted by Gasteiger charge is 2.11. The van der Waals surface area contributed by atoms with Crippen LogP contribution in [0, 0.1) is 5.82 Å². The molecule has 0 spiro atoms. The molecule has 1 aromatic heterocycles. The van der Waals surface area contributed by atoms with E-state index in [0.717, 1.165) is 21.7 Å². The Morgan fingerprint density at radius 1 is 1.14 bits per heavy atom. The minimum Gasteiger partial charge on any atom is -0.348 e. The molecule has 0 saturated carbocycles. The fraction of sp³-hybridized carbons (Fsp3) is 0.118. The van der Waals surface area contributed by atoms with Gasteiger partial charge in [-0.05, 0) is 28.3 Å². The number of fused-ring (bicyclic) bond motifs is 1. The lowest BCUT2D eigenvalue weighted by Gasteiger charge is -2.11. The van der Waals surface area contributed by atoms with Gasteiger partial charge in [-0.1, -0.05) is 36.9 Å². The van der Waals surface area contributed by atoms with Crippen molar-refractivity contribution in [3.8, 4) is 11.1 Å². The van der Waals surface area contributed by atoms with Gasteiger partial charge in [-0.2, -0.15) is 0 Å². The highest BCUT2D eigenvalue weighted by atomic mass is 28.3. The minimum absolute atomic E-state index is 0.200. The van der Waals surface area contributed by atoms with Crippen LogP contribution in [0.25, 0.3) is 21.9 Å². The summed E-state index contributed by atoms with van der Waals surface area (Å²) in [6, 6.07) is 12.4. The van der Waals surface area contributed by atoms with Gasteiger partial charge in [0.1, 0.15) is 5.82 Å². The molecule has 0 fully saturated rings. The number of benzene rings is 2. The predicted molar refractivity (Wildman–Crippen MR) is 90.0 cm³/mol. The molecule has 22 heavy (non-hydrogen) atoms. The molecule has 1 heterocycles. The highest BCUT2D eigenvalue weighted by Crippen LogP contribution is 2.26. The first kappa shape index (κ1) is 14.7. The first-order valence-electron chi connectivity index (χ1n) is 6.96. The van der Waals surface area contributed by atoms with Crippen molar-refractivity contribution in [2.45, 2.75) is 6.55 Å². The van der Waals surface area contributed by atoms with Crippen molar-refractivity contribution < 1.29 is 4.39 Å². The third-order valence-electron chi connectivity index (χ3n) is 3.77. The van der Waals surface area contributed by atoms with Gasteiger partial charge in [-0.3, -0.25) is 4.79 Å². The van der Waals surface area contributed by atoms with Crippen molar-refractivity contribution >= 4 is 24.9 Å². The number of hydrogen-bond acceptors (Lipinski definition) is 2. The van der Waals surface area contributed by atoms with Gasteiger partial charge in [0.15, 0.2) is 8.96 Å². The first-order chi connectivity index (χ1) is 10.5. The summed E-state index contributed by atoms with van der Waals surface area (Å²) < 4.78 is 15.0. The number of nitrogens with two attached hydrogens (primary N) is 1. The standard InChI is InChI=1S/C17H16FN2OSi/c1-20-10-16(11-4-3-5-13(8-11)22(2)19)14-7-6-12(18)9-15(14)17(20)21/h3-10H,19H2,1-2H3. The Hall–Kier alpha value is -2.24. The molecule has 0 saturated heterocycles. The summed E-state index contributed by atoms with van der Waals surface area (Å²) in [5.41, 5.74) is 1.69. The minimum atomic E-state index is -1.05. The maximum absolute atomic E-state index is 13.5. The van der Waals surface area contributed by atoms with Crippen LogP contribution in [0.5, 0.6) is 0 Å². The Morgan fingerprint density at radius 3 is 2.64 bits per heavy atom. The van der Waals surface area contributed by atoms with E-state index in [0.29, 0.717) is 5.39 Å². The molecule has 111 valence electrons. The van der Waals surface area contributed by atoms with E-state index in [1.807, 2.05) is 24.7 Å². The molecule has 2 N–H and O–H groups in total. The number of aromatic nitrogens is 1. The summed E-state index contributed by atoms with van der Waals surface area (Å²) in [4.78, 5) is 12.2. The van der Waals surface area contributed by atoms with Crippen molar-refractivity contribution in [3.05, 3.63) is 64.8 Å². The molecule has 0 atom stereocenters. The van der Waals surface area contributed by atoms with Gasteiger partial charge < -0.3 is 9.97 Å². The lowest BCUT2D eigenvalue weighted by atomic mass is 10.0. The largest absolute Gasteiger partial charge is 0.348 e. The quantitative estimate of drug-likeness (QED) is 0.737. The van der Waals surface area contributed by atoms with Gasteiger partial charge in [0.05, 0.1) is 5.39 Å². The zero-order valence-electron chi connectivity index (χ0n) is 12.4. The van der Waals surface area contributed by atoms with Gasteiger partial charge >= 0.3 is 0 Å². The molecule has 0 amide bonds. The van der Waals surface area contributed by atoms with Crippen LogP contribution in [0.3, 0.4) is 0 Å². The number of nitrogens with zero attached hydrogens (tertiary/aromatic N) is 1. The maximum atomic E-state index is 13.5. The van der Waals surface area contributed by atoms with Crippen molar-refractivity contribution in [2.24, 2.45) is 12.4 Å². The molecule has 0 aliphatic rings. The van der Waals surface area contributed by atoms with E-state index in [-0.39, 0.29) is 5.56 Å². The lowest BCUT2D eigenvalue weighted by molar-refractivity contribution is 0.629. The highest BCUT2D eigenvalue weighted by molar-refractivity contribution is 6.69. The topological polar surface area (TPSA) is 48.0 Å². The Kier molecular flexibility index (Phi) is 3.68. The SMILES string of the molecule is Cn1cc(-c2cccc([Si](C)N)c2)c2ccc(F)cc2c1=O. The number of halogens is 1. The van der Waals surface area contributed by atoms with Gasteiger partial charge in [0, 0.05) is 18.8 Å². The Bertz CT molecular complexity index is 918. The van der Waals surface area contributed by atoms with E-state index in [1.54, 1.807) is 19.3 Å². The monoisotopic (exact) mass is 311 g/mol. The number of rotatable bonds is 2. The van der Waals surface area contributed by atoms with Gasteiger partial charge in [0.25, 0.3) is 5.56 Å². The smallest absolute Gasteiger partial charge is 0.258 e. The van der Waals surface area contributed by atoms with Crippen LogP contribution in [0.2, 0.25) is 6.55 Å². The maximum Gasteiger partial charge on any atom is 0.258 e. The number of hydrogen-bond donors (Lipinski definition) is 1. The fourth-order valence-corrected chi connectivity index (χ4v) is 3.34. The molecule has 5 heteroatoms. The van der Waals surface area contributed by atoms with Crippen molar-refractivity contribution in [2.75, 3.05) is 0 Å². The number of pyridine rings is 1. The summed E-state index contributed by atoms with van der Waals surface area (Å²) in [7, 11) is 0.631. The molecular weight excluding hydrogens is 295 g/mol. The lowest BCUT2D eigenvalue weighted by Crippen LogP contribution is -2.36. The van der Waals surface area contributed by atoms with Crippen LogP contribution in [-0.4, -0.2) is 13.5 Å². The predicted octanol–water partition coefficient (Wildman–Crippen LogP) is 2.13. The molecule has 3 aromatic rings. The van der Waals surface area contributed by atoms with E-state index in [9.17, 15) is 9.18 Å². The van der Waals surface area contributed by atoms with E-state index in [1.165, 1.54) is 16.7 Å². The molecule has 0 bridgehead atoms. The molecule has 2 aromatic carbocycles. The number of aryl methyl sites for hydroxylation is 1. The molecule has 0 aliphatic heterocycles. The second-order valence-corrected chi connectivity index (χ2v) is 7.36. The molecule has 3 nitrogen and oxygen atoms in total. The fourth-order valence-electron chi connectivity index (χ4n) is 2.60. The third kappa shape index (κ3) is 2.49. The van der Waals surface area contributed by atoms with Crippen LogP contribution in [0.15, 0.2) is 53.5 Å². The summed E-state index contributed by atoms with van der Waals surface area (Å²) in [6.45, 7) is 2.03. The average Bonchev–Trinajstić information content (AvgIpc) is 2.51. The molecule has 1 radical (unpaired) electrons. The van der Waals surface area contributed by atoms with E-state index in [2.05, 4.69) is 6.07 Å². The summed E-state index contributed by atoms with van der Waals surface area (Å²) in [5, 5.41) is 8.30. The Labute approximate surface area is 129 Å². The van der Waals surface area contributed by atoms with E-state index >= 15 is 0 Å². The first-order valence-corrected chi connectivity index (χ1v) is 9.04.